The molecule has 0 spiro atoms. The first-order chi connectivity index (χ1) is 9.11. The van der Waals surface area contributed by atoms with Crippen LogP contribution < -0.4 is 0 Å². The fourth-order valence-electron chi connectivity index (χ4n) is 2.19. The van der Waals surface area contributed by atoms with E-state index in [1.165, 1.54) is 0 Å². The molecule has 1 aromatic rings. The number of hydrogen-bond acceptors (Lipinski definition) is 6. The van der Waals surface area contributed by atoms with Crippen molar-refractivity contribution in [1.82, 2.24) is 19.9 Å². The van der Waals surface area contributed by atoms with Gasteiger partial charge < -0.3 is 14.2 Å². The molecule has 0 bridgehead atoms. The highest BCUT2D eigenvalue weighted by Crippen LogP contribution is 2.10. The summed E-state index contributed by atoms with van der Waals surface area (Å²) in [6.45, 7) is 6.90. The van der Waals surface area contributed by atoms with Crippen molar-refractivity contribution in [3.63, 3.8) is 0 Å². The van der Waals surface area contributed by atoms with Gasteiger partial charge >= 0.3 is 0 Å². The van der Waals surface area contributed by atoms with Crippen LogP contribution in [0, 0.1) is 6.92 Å². The summed E-state index contributed by atoms with van der Waals surface area (Å²) in [6, 6.07) is -0.211. The van der Waals surface area contributed by atoms with Crippen molar-refractivity contribution in [3.05, 3.63) is 11.7 Å². The Morgan fingerprint density at radius 2 is 2.37 bits per heavy atom. The van der Waals surface area contributed by atoms with Crippen LogP contribution in [0.2, 0.25) is 0 Å². The van der Waals surface area contributed by atoms with Crippen molar-refractivity contribution < 1.29 is 14.1 Å². The SMILES string of the molecule is CCN1CCOCC1C(=O)N(C)Cc1noc(C)n1. The summed E-state index contributed by atoms with van der Waals surface area (Å²) in [5.74, 6) is 1.06. The molecule has 1 amide bonds. The summed E-state index contributed by atoms with van der Waals surface area (Å²) in [5.41, 5.74) is 0. The van der Waals surface area contributed by atoms with Crippen LogP contribution in [-0.4, -0.2) is 65.2 Å². The zero-order valence-electron chi connectivity index (χ0n) is 11.6. The second-order valence-electron chi connectivity index (χ2n) is 4.64. The van der Waals surface area contributed by atoms with Crippen molar-refractivity contribution in [2.75, 3.05) is 33.4 Å². The number of amides is 1. The molecule has 2 heterocycles. The molecule has 1 fully saturated rings. The summed E-state index contributed by atoms with van der Waals surface area (Å²) in [5, 5.41) is 3.80. The van der Waals surface area contributed by atoms with Gasteiger partial charge in [-0.05, 0) is 6.54 Å². The second-order valence-corrected chi connectivity index (χ2v) is 4.64. The van der Waals surface area contributed by atoms with Crippen LogP contribution in [0.4, 0.5) is 0 Å². The quantitative estimate of drug-likeness (QED) is 0.769. The van der Waals surface area contributed by atoms with Gasteiger partial charge in [-0.2, -0.15) is 4.98 Å². The Hall–Kier alpha value is -1.47. The lowest BCUT2D eigenvalue weighted by atomic mass is 10.2. The summed E-state index contributed by atoms with van der Waals surface area (Å²) in [4.78, 5) is 20.2. The Labute approximate surface area is 112 Å². The molecule has 0 N–H and O–H groups in total. The average Bonchev–Trinajstić information content (AvgIpc) is 2.83. The highest BCUT2D eigenvalue weighted by atomic mass is 16.5. The summed E-state index contributed by atoms with van der Waals surface area (Å²) >= 11 is 0. The van der Waals surface area contributed by atoms with Crippen molar-refractivity contribution in [2.45, 2.75) is 26.4 Å². The van der Waals surface area contributed by atoms with Gasteiger partial charge in [0.15, 0.2) is 5.82 Å². The molecule has 0 saturated carbocycles. The van der Waals surface area contributed by atoms with Gasteiger partial charge in [0, 0.05) is 20.5 Å². The Morgan fingerprint density at radius 3 is 3.00 bits per heavy atom. The van der Waals surface area contributed by atoms with Crippen molar-refractivity contribution in [1.29, 1.82) is 0 Å². The maximum Gasteiger partial charge on any atom is 0.242 e. The lowest BCUT2D eigenvalue weighted by Crippen LogP contribution is -2.53. The maximum absolute atomic E-state index is 12.4. The van der Waals surface area contributed by atoms with Crippen LogP contribution >= 0.6 is 0 Å². The Balaban J connectivity index is 1.97. The zero-order chi connectivity index (χ0) is 13.8. The normalized spacial score (nSPS) is 20.5. The highest BCUT2D eigenvalue weighted by Gasteiger charge is 2.30. The van der Waals surface area contributed by atoms with Gasteiger partial charge in [-0.1, -0.05) is 12.1 Å². The average molecular weight is 268 g/mol. The number of carbonyl (C=O) groups excluding carboxylic acids is 1. The number of nitrogens with zero attached hydrogens (tertiary/aromatic N) is 4. The molecule has 0 radical (unpaired) electrons. The lowest BCUT2D eigenvalue weighted by Gasteiger charge is -2.35. The Kier molecular flexibility index (Phi) is 4.49. The molecule has 7 nitrogen and oxygen atoms in total. The van der Waals surface area contributed by atoms with Gasteiger partial charge in [-0.25, -0.2) is 0 Å². The van der Waals surface area contributed by atoms with E-state index in [1.54, 1.807) is 18.9 Å². The molecule has 19 heavy (non-hydrogen) atoms. The van der Waals surface area contributed by atoms with Crippen LogP contribution in [0.3, 0.4) is 0 Å². The number of aryl methyl sites for hydroxylation is 1. The van der Waals surface area contributed by atoms with Gasteiger partial charge in [0.25, 0.3) is 0 Å². The number of ether oxygens (including phenoxy) is 1. The number of likely N-dealkylation sites (N-methyl/N-ethyl adjacent to an activating group) is 2. The fourth-order valence-corrected chi connectivity index (χ4v) is 2.19. The molecule has 1 unspecified atom stereocenters. The van der Waals surface area contributed by atoms with Crippen molar-refractivity contribution in [3.8, 4) is 0 Å². The summed E-state index contributed by atoms with van der Waals surface area (Å²) < 4.78 is 10.3. The zero-order valence-corrected chi connectivity index (χ0v) is 11.6. The molecule has 1 saturated heterocycles. The van der Waals surface area contributed by atoms with E-state index in [2.05, 4.69) is 15.0 Å². The lowest BCUT2D eigenvalue weighted by molar-refractivity contribution is -0.142. The van der Waals surface area contributed by atoms with E-state index in [1.807, 2.05) is 6.92 Å². The monoisotopic (exact) mass is 268 g/mol. The van der Waals surface area contributed by atoms with Gasteiger partial charge in [-0.3, -0.25) is 9.69 Å². The second kappa shape index (κ2) is 6.12. The number of hydrogen-bond donors (Lipinski definition) is 0. The van der Waals surface area contributed by atoms with E-state index < -0.39 is 0 Å². The van der Waals surface area contributed by atoms with E-state index in [9.17, 15) is 4.79 Å². The minimum absolute atomic E-state index is 0.0315. The van der Waals surface area contributed by atoms with Crippen LogP contribution in [0.5, 0.6) is 0 Å². The third-order valence-corrected chi connectivity index (χ3v) is 3.26. The van der Waals surface area contributed by atoms with E-state index in [0.717, 1.165) is 13.1 Å². The Bertz CT molecular complexity index is 434. The standard InChI is InChI=1S/C12H20N4O3/c1-4-16-5-6-18-8-10(16)12(17)15(3)7-11-13-9(2)19-14-11/h10H,4-8H2,1-3H3. The van der Waals surface area contributed by atoms with Gasteiger partial charge in [0.1, 0.15) is 6.04 Å². The highest BCUT2D eigenvalue weighted by molar-refractivity contribution is 5.81. The van der Waals surface area contributed by atoms with Crippen LogP contribution in [0.1, 0.15) is 18.6 Å². The number of morpholine rings is 1. The first-order valence-electron chi connectivity index (χ1n) is 6.47. The van der Waals surface area contributed by atoms with E-state index in [-0.39, 0.29) is 11.9 Å². The summed E-state index contributed by atoms with van der Waals surface area (Å²) in [7, 11) is 1.75. The molecule has 7 heteroatoms. The molecule has 1 atom stereocenters. The number of rotatable bonds is 4. The molecule has 1 aromatic heterocycles. The molecule has 1 aliphatic rings. The Morgan fingerprint density at radius 1 is 1.58 bits per heavy atom. The fraction of sp³-hybridized carbons (Fsp3) is 0.750. The van der Waals surface area contributed by atoms with Gasteiger partial charge in [0.05, 0.1) is 19.8 Å². The predicted octanol–water partition coefficient (Wildman–Crippen LogP) is 0.0571. The van der Waals surface area contributed by atoms with Gasteiger partial charge in [-0.15, -0.1) is 0 Å². The van der Waals surface area contributed by atoms with Crippen LogP contribution in [0.15, 0.2) is 4.52 Å². The molecule has 0 aromatic carbocycles. The maximum atomic E-state index is 12.4. The summed E-state index contributed by atoms with van der Waals surface area (Å²) in [6.07, 6.45) is 0. The van der Waals surface area contributed by atoms with E-state index >= 15 is 0 Å². The first kappa shape index (κ1) is 14.0. The van der Waals surface area contributed by atoms with Crippen LogP contribution in [0.25, 0.3) is 0 Å². The largest absolute Gasteiger partial charge is 0.378 e. The van der Waals surface area contributed by atoms with Gasteiger partial charge in [0.2, 0.25) is 11.8 Å². The third kappa shape index (κ3) is 3.30. The molecule has 0 aliphatic carbocycles. The molecule has 1 aliphatic heterocycles. The van der Waals surface area contributed by atoms with Crippen molar-refractivity contribution in [2.24, 2.45) is 0 Å². The number of aromatic nitrogens is 2. The first-order valence-corrected chi connectivity index (χ1v) is 6.47. The topological polar surface area (TPSA) is 71.7 Å². The minimum Gasteiger partial charge on any atom is -0.378 e. The molecular formula is C12H20N4O3. The third-order valence-electron chi connectivity index (χ3n) is 3.26. The molecule has 2 rings (SSSR count). The van der Waals surface area contributed by atoms with Crippen LogP contribution in [-0.2, 0) is 16.1 Å². The molecule has 106 valence electrons. The van der Waals surface area contributed by atoms with E-state index in [4.69, 9.17) is 9.26 Å². The minimum atomic E-state index is -0.211. The predicted molar refractivity (Wildman–Crippen MR) is 67.4 cm³/mol. The smallest absolute Gasteiger partial charge is 0.242 e. The van der Waals surface area contributed by atoms with E-state index in [0.29, 0.717) is 31.5 Å². The molecular weight excluding hydrogens is 248 g/mol. The number of carbonyl (C=O) groups is 1. The van der Waals surface area contributed by atoms with Crippen molar-refractivity contribution >= 4 is 5.91 Å².